The Morgan fingerprint density at radius 3 is 2.62 bits per heavy atom. The van der Waals surface area contributed by atoms with Crippen molar-refractivity contribution < 1.29 is 4.39 Å². The van der Waals surface area contributed by atoms with Gasteiger partial charge in [-0.25, -0.2) is 4.39 Å². The van der Waals surface area contributed by atoms with Crippen molar-refractivity contribution in [2.24, 2.45) is 0 Å². The zero-order valence-corrected chi connectivity index (χ0v) is 8.49. The molecule has 1 atom stereocenters. The first-order valence-corrected chi connectivity index (χ1v) is 4.93. The molecule has 0 N–H and O–H groups in total. The molecule has 2 heteroatoms. The van der Waals surface area contributed by atoms with Crippen LogP contribution in [0.5, 0.6) is 0 Å². The summed E-state index contributed by atoms with van der Waals surface area (Å²) in [7, 11) is 5.79. The number of hydrogen-bond donors (Lipinski definition) is 0. The molecule has 0 fully saturated rings. The summed E-state index contributed by atoms with van der Waals surface area (Å²) in [5, 5.41) is -0.850. The third-order valence-electron chi connectivity index (χ3n) is 2.63. The summed E-state index contributed by atoms with van der Waals surface area (Å²) in [5.41, 5.74) is -1.49. The number of hydrogen-bond acceptors (Lipinski definition) is 0. The SMILES string of the molecule is [B]C(C)(C)C1(F)C#CCCCCC1. The van der Waals surface area contributed by atoms with Crippen LogP contribution in [0.15, 0.2) is 0 Å². The zero-order chi connectivity index (χ0) is 9.95. The third-order valence-corrected chi connectivity index (χ3v) is 2.63. The van der Waals surface area contributed by atoms with E-state index in [-0.39, 0.29) is 0 Å². The molecule has 13 heavy (non-hydrogen) atoms. The molecule has 0 aliphatic heterocycles. The van der Waals surface area contributed by atoms with Crippen LogP contribution in [0.2, 0.25) is 5.31 Å². The van der Waals surface area contributed by atoms with Crippen LogP contribution in [-0.2, 0) is 0 Å². The van der Waals surface area contributed by atoms with Crippen LogP contribution < -0.4 is 0 Å². The van der Waals surface area contributed by atoms with Crippen LogP contribution in [-0.4, -0.2) is 13.5 Å². The fraction of sp³-hybridized carbons (Fsp3) is 0.818. The first kappa shape index (κ1) is 10.6. The van der Waals surface area contributed by atoms with E-state index in [1.54, 1.807) is 13.8 Å². The summed E-state index contributed by atoms with van der Waals surface area (Å²) in [6.07, 6.45) is 4.33. The summed E-state index contributed by atoms with van der Waals surface area (Å²) < 4.78 is 14.2. The largest absolute Gasteiger partial charge is 0.230 e. The zero-order valence-electron chi connectivity index (χ0n) is 8.49. The minimum atomic E-state index is -1.49. The van der Waals surface area contributed by atoms with E-state index in [4.69, 9.17) is 7.85 Å². The van der Waals surface area contributed by atoms with Crippen molar-refractivity contribution in [2.75, 3.05) is 0 Å². The minimum absolute atomic E-state index is 0.476. The number of rotatable bonds is 1. The molecule has 1 aliphatic carbocycles. The molecule has 1 unspecified atom stereocenters. The lowest BCUT2D eigenvalue weighted by Gasteiger charge is -2.34. The number of halogens is 1. The smallest absolute Gasteiger partial charge is 0.168 e. The molecule has 70 valence electrons. The second-order valence-corrected chi connectivity index (χ2v) is 4.39. The molecule has 0 bridgehead atoms. The van der Waals surface area contributed by atoms with Gasteiger partial charge in [0, 0.05) is 6.42 Å². The van der Waals surface area contributed by atoms with Gasteiger partial charge in [0.2, 0.25) is 0 Å². The average molecular weight is 178 g/mol. The van der Waals surface area contributed by atoms with Gasteiger partial charge >= 0.3 is 0 Å². The van der Waals surface area contributed by atoms with Gasteiger partial charge in [-0.05, 0) is 24.6 Å². The van der Waals surface area contributed by atoms with Crippen molar-refractivity contribution in [3.63, 3.8) is 0 Å². The third kappa shape index (κ3) is 2.50. The topological polar surface area (TPSA) is 0 Å². The van der Waals surface area contributed by atoms with Crippen molar-refractivity contribution in [1.82, 2.24) is 0 Å². The normalized spacial score (nSPS) is 29.8. The Labute approximate surface area is 81.7 Å². The monoisotopic (exact) mass is 178 g/mol. The van der Waals surface area contributed by atoms with E-state index in [9.17, 15) is 4.39 Å². The molecular weight excluding hydrogens is 162 g/mol. The van der Waals surface area contributed by atoms with Crippen LogP contribution in [0, 0.1) is 11.8 Å². The van der Waals surface area contributed by atoms with E-state index in [1.165, 1.54) is 0 Å². The molecule has 0 aromatic heterocycles. The molecule has 1 aliphatic rings. The summed E-state index contributed by atoms with van der Waals surface area (Å²) in [6.45, 7) is 3.42. The van der Waals surface area contributed by atoms with Gasteiger partial charge in [-0.1, -0.05) is 32.1 Å². The van der Waals surface area contributed by atoms with E-state index in [2.05, 4.69) is 11.8 Å². The van der Waals surface area contributed by atoms with Gasteiger partial charge in [0.05, 0.1) is 7.85 Å². The van der Waals surface area contributed by atoms with Crippen molar-refractivity contribution >= 4 is 7.85 Å². The fourth-order valence-electron chi connectivity index (χ4n) is 1.51. The Kier molecular flexibility index (Phi) is 3.06. The number of alkyl halides is 1. The predicted molar refractivity (Wildman–Crippen MR) is 54.5 cm³/mol. The van der Waals surface area contributed by atoms with Crippen LogP contribution in [0.4, 0.5) is 4.39 Å². The lowest BCUT2D eigenvalue weighted by Crippen LogP contribution is -2.34. The Balaban J connectivity index is 2.84. The van der Waals surface area contributed by atoms with Crippen LogP contribution >= 0.6 is 0 Å². The molecule has 0 aromatic rings. The molecule has 0 aromatic carbocycles. The molecular formula is C11H16BF. The van der Waals surface area contributed by atoms with Crippen LogP contribution in [0.1, 0.15) is 46.0 Å². The standard InChI is InChI=1S/C11H16BF/c1-10(2,12)11(13)8-6-4-3-5-7-9-11/h3-6,8H2,1-2H3. The molecule has 0 amide bonds. The van der Waals surface area contributed by atoms with Gasteiger partial charge in [-0.2, -0.15) is 0 Å². The van der Waals surface area contributed by atoms with Crippen LogP contribution in [0.3, 0.4) is 0 Å². The first-order chi connectivity index (χ1) is 5.96. The highest BCUT2D eigenvalue weighted by Crippen LogP contribution is 2.42. The van der Waals surface area contributed by atoms with E-state index >= 15 is 0 Å². The van der Waals surface area contributed by atoms with Gasteiger partial charge < -0.3 is 0 Å². The Morgan fingerprint density at radius 2 is 2.00 bits per heavy atom. The van der Waals surface area contributed by atoms with Crippen molar-refractivity contribution in [2.45, 2.75) is 56.9 Å². The first-order valence-electron chi connectivity index (χ1n) is 4.93. The van der Waals surface area contributed by atoms with Gasteiger partial charge in [-0.15, -0.1) is 0 Å². The van der Waals surface area contributed by atoms with E-state index < -0.39 is 11.0 Å². The molecule has 0 saturated carbocycles. The Morgan fingerprint density at radius 1 is 1.31 bits per heavy atom. The van der Waals surface area contributed by atoms with Gasteiger partial charge in [0.15, 0.2) is 5.67 Å². The second-order valence-electron chi connectivity index (χ2n) is 4.39. The van der Waals surface area contributed by atoms with Gasteiger partial charge in [0.1, 0.15) is 0 Å². The molecule has 2 radical (unpaired) electrons. The minimum Gasteiger partial charge on any atom is -0.230 e. The molecule has 0 heterocycles. The Bertz CT molecular complexity index is 231. The summed E-state index contributed by atoms with van der Waals surface area (Å²) in [5.74, 6) is 5.58. The molecule has 1 rings (SSSR count). The van der Waals surface area contributed by atoms with Crippen LogP contribution in [0.25, 0.3) is 0 Å². The fourth-order valence-corrected chi connectivity index (χ4v) is 1.51. The van der Waals surface area contributed by atoms with E-state index in [1.807, 2.05) is 0 Å². The van der Waals surface area contributed by atoms with Crippen molar-refractivity contribution in [3.8, 4) is 11.8 Å². The highest BCUT2D eigenvalue weighted by Gasteiger charge is 2.39. The molecule has 0 saturated heterocycles. The molecule has 0 spiro atoms. The van der Waals surface area contributed by atoms with Crippen molar-refractivity contribution in [1.29, 1.82) is 0 Å². The van der Waals surface area contributed by atoms with Gasteiger partial charge in [-0.3, -0.25) is 0 Å². The van der Waals surface area contributed by atoms with Gasteiger partial charge in [0.25, 0.3) is 0 Å². The van der Waals surface area contributed by atoms with E-state index in [0.717, 1.165) is 25.7 Å². The summed E-state index contributed by atoms with van der Waals surface area (Å²) in [4.78, 5) is 0. The maximum Gasteiger partial charge on any atom is 0.168 e. The van der Waals surface area contributed by atoms with E-state index in [0.29, 0.717) is 6.42 Å². The molecule has 0 nitrogen and oxygen atoms in total. The lowest BCUT2D eigenvalue weighted by atomic mass is 9.60. The Hall–Kier alpha value is -0.445. The lowest BCUT2D eigenvalue weighted by molar-refractivity contribution is 0.164. The second kappa shape index (κ2) is 3.74. The van der Waals surface area contributed by atoms with Crippen molar-refractivity contribution in [3.05, 3.63) is 0 Å². The average Bonchev–Trinajstić information content (AvgIpc) is 1.94. The highest BCUT2D eigenvalue weighted by atomic mass is 19.1. The maximum absolute atomic E-state index is 14.2. The predicted octanol–water partition coefficient (Wildman–Crippen LogP) is 3.03. The quantitative estimate of drug-likeness (QED) is 0.427. The summed E-state index contributed by atoms with van der Waals surface area (Å²) in [6, 6.07) is 0. The summed E-state index contributed by atoms with van der Waals surface area (Å²) >= 11 is 0. The maximum atomic E-state index is 14.2. The highest BCUT2D eigenvalue weighted by molar-refractivity contribution is 6.15.